The molecular weight excluding hydrogens is 523 g/mol. The van der Waals surface area contributed by atoms with Crippen LogP contribution >= 0.6 is 0 Å². The Hall–Kier alpha value is -2.34. The maximum absolute atomic E-state index is 13.3. The number of carbonyl (C=O) groups excluding carboxylic acids is 2. The highest BCUT2D eigenvalue weighted by Crippen LogP contribution is 2.40. The highest BCUT2D eigenvalue weighted by atomic mass is 32.2. The van der Waals surface area contributed by atoms with E-state index >= 15 is 0 Å². The normalized spacial score (nSPS) is 23.1. The van der Waals surface area contributed by atoms with Crippen molar-refractivity contribution in [2.75, 3.05) is 20.1 Å². The number of hydrogen-bond donors (Lipinski definition) is 1. The van der Waals surface area contributed by atoms with Gasteiger partial charge in [-0.1, -0.05) is 19.8 Å². The summed E-state index contributed by atoms with van der Waals surface area (Å²) in [6, 6.07) is 2.51. The van der Waals surface area contributed by atoms with Crippen LogP contribution in [0, 0.1) is 11.8 Å². The zero-order valence-corrected chi connectivity index (χ0v) is 23.4. The third kappa shape index (κ3) is 6.99. The molecule has 1 aromatic rings. The van der Waals surface area contributed by atoms with E-state index in [2.05, 4.69) is 5.32 Å². The largest absolute Gasteiger partial charge is 0.444 e. The molecule has 12 heteroatoms. The second-order valence-electron chi connectivity index (χ2n) is 11.2. The average Bonchev–Trinajstić information content (AvgIpc) is 3.40. The van der Waals surface area contributed by atoms with Gasteiger partial charge in [-0.3, -0.25) is 9.69 Å². The van der Waals surface area contributed by atoms with Gasteiger partial charge in [0.05, 0.1) is 10.5 Å². The van der Waals surface area contributed by atoms with Gasteiger partial charge >= 0.3 is 12.3 Å². The molecule has 0 bridgehead atoms. The van der Waals surface area contributed by atoms with E-state index in [1.807, 2.05) is 6.92 Å². The van der Waals surface area contributed by atoms with Crippen molar-refractivity contribution >= 4 is 22.0 Å². The number of halogens is 3. The van der Waals surface area contributed by atoms with Crippen molar-refractivity contribution in [3.05, 3.63) is 29.8 Å². The van der Waals surface area contributed by atoms with Crippen molar-refractivity contribution in [3.8, 4) is 0 Å². The topological polar surface area (TPSA) is 96.0 Å². The van der Waals surface area contributed by atoms with E-state index in [4.69, 9.17) is 4.74 Å². The third-order valence-electron chi connectivity index (χ3n) is 7.25. The molecule has 1 N–H and O–H groups in total. The second kappa shape index (κ2) is 11.4. The first-order valence-electron chi connectivity index (χ1n) is 13.0. The van der Waals surface area contributed by atoms with Gasteiger partial charge in [0.15, 0.2) is 0 Å². The lowest BCUT2D eigenvalue weighted by Crippen LogP contribution is -2.52. The lowest BCUT2D eigenvalue weighted by molar-refractivity contribution is -0.137. The fourth-order valence-corrected chi connectivity index (χ4v) is 6.74. The predicted molar refractivity (Wildman–Crippen MR) is 136 cm³/mol. The van der Waals surface area contributed by atoms with Gasteiger partial charge < -0.3 is 10.1 Å². The van der Waals surface area contributed by atoms with Crippen molar-refractivity contribution in [2.24, 2.45) is 11.8 Å². The number of rotatable bonds is 8. The summed E-state index contributed by atoms with van der Waals surface area (Å²) >= 11 is 0. The summed E-state index contributed by atoms with van der Waals surface area (Å²) in [4.78, 5) is 27.1. The van der Waals surface area contributed by atoms with Crippen LogP contribution in [-0.4, -0.2) is 67.4 Å². The number of unbranched alkanes of at least 4 members (excludes halogenated alkanes) is 1. The average molecular weight is 562 g/mol. The smallest absolute Gasteiger partial charge is 0.416 e. The summed E-state index contributed by atoms with van der Waals surface area (Å²) in [7, 11) is -2.44. The summed E-state index contributed by atoms with van der Waals surface area (Å²) in [6.07, 6.45) is -1.69. The van der Waals surface area contributed by atoms with Crippen LogP contribution in [0.3, 0.4) is 0 Å². The summed E-state index contributed by atoms with van der Waals surface area (Å²) < 4.78 is 71.7. The summed E-state index contributed by atoms with van der Waals surface area (Å²) in [5, 5.41) is 3.06. The summed E-state index contributed by atoms with van der Waals surface area (Å²) in [5.41, 5.74) is -1.62. The van der Waals surface area contributed by atoms with Gasteiger partial charge in [0.2, 0.25) is 15.9 Å². The van der Waals surface area contributed by atoms with Gasteiger partial charge in [0.25, 0.3) is 0 Å². The van der Waals surface area contributed by atoms with Gasteiger partial charge in [-0.2, -0.15) is 17.5 Å². The molecule has 2 aliphatic rings. The zero-order chi connectivity index (χ0) is 28.5. The maximum atomic E-state index is 13.3. The van der Waals surface area contributed by atoms with Crippen LogP contribution < -0.4 is 5.32 Å². The van der Waals surface area contributed by atoms with Crippen molar-refractivity contribution in [3.63, 3.8) is 0 Å². The second-order valence-corrected chi connectivity index (χ2v) is 13.1. The minimum absolute atomic E-state index is 0.0298. The van der Waals surface area contributed by atoms with Crippen molar-refractivity contribution < 1.29 is 35.9 Å². The molecule has 1 aromatic carbocycles. The Morgan fingerprint density at radius 3 is 2.32 bits per heavy atom. The maximum Gasteiger partial charge on any atom is 0.416 e. The number of alkyl halides is 3. The van der Waals surface area contributed by atoms with Gasteiger partial charge in [0.1, 0.15) is 11.6 Å². The van der Waals surface area contributed by atoms with E-state index < -0.39 is 39.5 Å². The molecule has 3 rings (SSSR count). The number of likely N-dealkylation sites (N-methyl/N-ethyl adjacent to an activating group) is 1. The first-order chi connectivity index (χ1) is 17.5. The molecule has 38 heavy (non-hydrogen) atoms. The lowest BCUT2D eigenvalue weighted by atomic mass is 9.97. The Labute approximate surface area is 222 Å². The minimum Gasteiger partial charge on any atom is -0.444 e. The number of fused-ring (bicyclic) bond motifs is 1. The van der Waals surface area contributed by atoms with Gasteiger partial charge in [-0.15, -0.1) is 0 Å². The van der Waals surface area contributed by atoms with Crippen LogP contribution in [0.1, 0.15) is 65.4 Å². The van der Waals surface area contributed by atoms with Crippen LogP contribution in [0.2, 0.25) is 0 Å². The van der Waals surface area contributed by atoms with Gasteiger partial charge in [0, 0.05) is 26.2 Å². The molecule has 4 atom stereocenters. The summed E-state index contributed by atoms with van der Waals surface area (Å²) in [5.74, 6) is -0.398. The molecule has 1 saturated heterocycles. The number of hydrogen-bond acceptors (Lipinski definition) is 5. The van der Waals surface area contributed by atoms with Crippen LogP contribution in [-0.2, 0) is 25.7 Å². The van der Waals surface area contributed by atoms with Crippen molar-refractivity contribution in [2.45, 2.75) is 88.6 Å². The molecular formula is C26H38F3N3O5S. The van der Waals surface area contributed by atoms with Crippen LogP contribution in [0.25, 0.3) is 0 Å². The Kier molecular flexibility index (Phi) is 9.07. The Balaban J connectivity index is 1.69. The van der Waals surface area contributed by atoms with E-state index in [9.17, 15) is 31.2 Å². The van der Waals surface area contributed by atoms with Crippen molar-refractivity contribution in [1.29, 1.82) is 0 Å². The van der Waals surface area contributed by atoms with Crippen LogP contribution in [0.15, 0.2) is 29.2 Å². The van der Waals surface area contributed by atoms with E-state index in [1.54, 1.807) is 27.8 Å². The van der Waals surface area contributed by atoms with Gasteiger partial charge in [-0.25, -0.2) is 13.2 Å². The fraction of sp³-hybridized carbons (Fsp3) is 0.692. The van der Waals surface area contributed by atoms with Crippen LogP contribution in [0.4, 0.5) is 18.0 Å². The van der Waals surface area contributed by atoms with Crippen molar-refractivity contribution in [1.82, 2.24) is 14.5 Å². The lowest BCUT2D eigenvalue weighted by Gasteiger charge is -2.31. The fourth-order valence-electron chi connectivity index (χ4n) is 5.20. The minimum atomic E-state index is -4.55. The van der Waals surface area contributed by atoms with E-state index in [0.717, 1.165) is 43.5 Å². The Morgan fingerprint density at radius 2 is 1.76 bits per heavy atom. The standard InChI is InChI=1S/C26H38F3N3O5S/c1-6-7-8-22(31(5)24(34)37-25(2,3)4)23(33)30-21-14-9-17-15-32(16-20(17)21)38(35,36)19-12-10-18(11-13-19)26(27,28)29/h10-13,17,20-22H,6-9,14-16H2,1-5H3,(H,30,33)/t17-,20+,21+,22?/m1/s1. The van der Waals surface area contributed by atoms with E-state index in [1.165, 1.54) is 9.21 Å². The van der Waals surface area contributed by atoms with E-state index in [-0.39, 0.29) is 41.8 Å². The zero-order valence-electron chi connectivity index (χ0n) is 22.5. The number of benzene rings is 1. The monoisotopic (exact) mass is 561 g/mol. The Morgan fingerprint density at radius 1 is 1.13 bits per heavy atom. The van der Waals surface area contributed by atoms with Crippen LogP contribution in [0.5, 0.6) is 0 Å². The molecule has 2 amide bonds. The number of nitrogens with one attached hydrogen (secondary N) is 1. The highest BCUT2D eigenvalue weighted by Gasteiger charge is 2.47. The first kappa shape index (κ1) is 30.2. The number of amides is 2. The SMILES string of the molecule is CCCCC(C(=O)N[C@H]1CC[C@@H]2CN(S(=O)(=O)c3ccc(C(F)(F)F)cc3)C[C@@H]21)N(C)C(=O)OC(C)(C)C. The van der Waals surface area contributed by atoms with Gasteiger partial charge in [-0.05, 0) is 76.1 Å². The molecule has 0 spiro atoms. The predicted octanol–water partition coefficient (Wildman–Crippen LogP) is 4.65. The molecule has 1 saturated carbocycles. The number of nitrogens with zero attached hydrogens (tertiary/aromatic N) is 2. The molecule has 0 radical (unpaired) electrons. The first-order valence-corrected chi connectivity index (χ1v) is 14.4. The molecule has 1 heterocycles. The number of sulfonamides is 1. The molecule has 2 fully saturated rings. The molecule has 0 aromatic heterocycles. The molecule has 1 unspecified atom stereocenters. The molecule has 1 aliphatic carbocycles. The summed E-state index contributed by atoms with van der Waals surface area (Å²) in [6.45, 7) is 7.67. The number of carbonyl (C=O) groups is 2. The van der Waals surface area contributed by atoms with E-state index in [0.29, 0.717) is 12.8 Å². The third-order valence-corrected chi connectivity index (χ3v) is 9.10. The number of ether oxygens (including phenoxy) is 1. The quantitative estimate of drug-likeness (QED) is 0.499. The molecule has 1 aliphatic heterocycles. The highest BCUT2D eigenvalue weighted by molar-refractivity contribution is 7.89. The Bertz CT molecular complexity index is 1100. The molecule has 8 nitrogen and oxygen atoms in total. The molecule has 214 valence electrons.